The van der Waals surface area contributed by atoms with E-state index < -0.39 is 0 Å². The van der Waals surface area contributed by atoms with Crippen LogP contribution in [0.3, 0.4) is 0 Å². The Morgan fingerprint density at radius 2 is 1.88 bits per heavy atom. The van der Waals surface area contributed by atoms with Crippen LogP contribution < -0.4 is 0 Å². The van der Waals surface area contributed by atoms with Crippen molar-refractivity contribution in [2.45, 2.75) is 79.6 Å². The summed E-state index contributed by atoms with van der Waals surface area (Å²) in [7, 11) is 0. The van der Waals surface area contributed by atoms with Gasteiger partial charge in [-0.1, -0.05) is 78.8 Å². The lowest BCUT2D eigenvalue weighted by molar-refractivity contribution is 0.659. The number of rotatable bonds is 5. The Bertz CT molecular complexity index is 517. The highest BCUT2D eigenvalue weighted by Gasteiger charge is 2.03. The molecule has 0 aromatic heterocycles. The highest BCUT2D eigenvalue weighted by molar-refractivity contribution is 5.27. The Morgan fingerprint density at radius 3 is 2.50 bits per heavy atom. The zero-order valence-electron chi connectivity index (χ0n) is 15.5. The summed E-state index contributed by atoms with van der Waals surface area (Å²) >= 11 is 0. The first kappa shape index (κ1) is 22.4. The van der Waals surface area contributed by atoms with E-state index in [9.17, 15) is 0 Å². The summed E-state index contributed by atoms with van der Waals surface area (Å²) in [4.78, 5) is 0. The van der Waals surface area contributed by atoms with Crippen LogP contribution in [0.15, 0.2) is 71.4 Å². The molecule has 0 atom stereocenters. The van der Waals surface area contributed by atoms with Crippen LogP contribution in [0.5, 0.6) is 0 Å². The van der Waals surface area contributed by atoms with Gasteiger partial charge in [-0.3, -0.25) is 0 Å². The second-order valence-electron chi connectivity index (χ2n) is 6.87. The smallest absolute Gasteiger partial charge is 0.0133 e. The molecule has 0 aliphatic heterocycles. The molecule has 0 saturated heterocycles. The molecular weight excluding hydrogens is 288 g/mol. The van der Waals surface area contributed by atoms with E-state index in [1.807, 2.05) is 6.92 Å². The molecular formula is C24H38. The highest BCUT2D eigenvalue weighted by atomic mass is 14.1. The van der Waals surface area contributed by atoms with Gasteiger partial charge >= 0.3 is 0 Å². The Labute approximate surface area is 151 Å². The van der Waals surface area contributed by atoms with Crippen molar-refractivity contribution < 1.29 is 0 Å². The van der Waals surface area contributed by atoms with Gasteiger partial charge in [-0.25, -0.2) is 0 Å². The van der Waals surface area contributed by atoms with Crippen LogP contribution in [0.1, 0.15) is 79.6 Å². The van der Waals surface area contributed by atoms with Crippen LogP contribution in [-0.4, -0.2) is 0 Å². The summed E-state index contributed by atoms with van der Waals surface area (Å²) in [5.74, 6) is 0. The van der Waals surface area contributed by atoms with E-state index in [4.69, 9.17) is 0 Å². The number of allylic oxidation sites excluding steroid dienone is 10. The average molecular weight is 327 g/mol. The second-order valence-corrected chi connectivity index (χ2v) is 6.87. The van der Waals surface area contributed by atoms with Gasteiger partial charge in [-0.15, -0.1) is 0 Å². The van der Waals surface area contributed by atoms with E-state index in [0.717, 1.165) is 18.4 Å². The minimum absolute atomic E-state index is 0. The van der Waals surface area contributed by atoms with Gasteiger partial charge in [-0.2, -0.15) is 0 Å². The molecule has 0 heterocycles. The van der Waals surface area contributed by atoms with E-state index in [1.165, 1.54) is 55.2 Å². The van der Waals surface area contributed by atoms with Gasteiger partial charge in [0.25, 0.3) is 0 Å². The predicted octanol–water partition coefficient (Wildman–Crippen LogP) is 8.26. The normalized spacial score (nSPS) is 16.4. The third-order valence-electron chi connectivity index (χ3n) is 4.45. The van der Waals surface area contributed by atoms with Crippen LogP contribution in [0, 0.1) is 0 Å². The van der Waals surface area contributed by atoms with Crippen LogP contribution in [-0.2, 0) is 0 Å². The summed E-state index contributed by atoms with van der Waals surface area (Å²) in [5, 5.41) is 0. The van der Waals surface area contributed by atoms with Crippen LogP contribution in [0.25, 0.3) is 0 Å². The summed E-state index contributed by atoms with van der Waals surface area (Å²) < 4.78 is 0. The average Bonchev–Trinajstić information content (AvgIpc) is 2.73. The first-order chi connectivity index (χ1) is 11.0. The van der Waals surface area contributed by atoms with Crippen molar-refractivity contribution in [3.05, 3.63) is 71.4 Å². The lowest BCUT2D eigenvalue weighted by Gasteiger charge is -2.12. The molecule has 0 nitrogen and oxygen atoms in total. The largest absolute Gasteiger partial charge is 0.0959 e. The standard InChI is InChI=1S/C14H22.C9H12.CH4/c1-12(2)13(3)8-7-11-14-9-5-4-6-10-14;1-8-4-3-5-9(2)7-6-8;/h9H,1,3-8,10-11H2,2H3;3-6H,7H2,1-2H3;1H4. The van der Waals surface area contributed by atoms with Crippen molar-refractivity contribution >= 4 is 0 Å². The molecule has 0 fully saturated rings. The van der Waals surface area contributed by atoms with Crippen molar-refractivity contribution in [2.75, 3.05) is 0 Å². The lowest BCUT2D eigenvalue weighted by atomic mass is 9.94. The summed E-state index contributed by atoms with van der Waals surface area (Å²) in [6.45, 7) is 14.2. The van der Waals surface area contributed by atoms with E-state index in [1.54, 1.807) is 5.57 Å². The fourth-order valence-electron chi connectivity index (χ4n) is 2.70. The van der Waals surface area contributed by atoms with Crippen molar-refractivity contribution in [3.63, 3.8) is 0 Å². The van der Waals surface area contributed by atoms with Gasteiger partial charge in [0, 0.05) is 0 Å². The third kappa shape index (κ3) is 10.3. The molecule has 0 heteroatoms. The fraction of sp³-hybridized carbons (Fsp3) is 0.500. The van der Waals surface area contributed by atoms with Crippen molar-refractivity contribution in [2.24, 2.45) is 0 Å². The molecule has 0 saturated carbocycles. The van der Waals surface area contributed by atoms with Gasteiger partial charge in [0.2, 0.25) is 0 Å². The fourth-order valence-corrected chi connectivity index (χ4v) is 2.70. The molecule has 0 radical (unpaired) electrons. The van der Waals surface area contributed by atoms with Crippen LogP contribution >= 0.6 is 0 Å². The topological polar surface area (TPSA) is 0 Å². The second kappa shape index (κ2) is 12.8. The molecule has 0 aromatic carbocycles. The first-order valence-electron chi connectivity index (χ1n) is 9.01. The summed E-state index contributed by atoms with van der Waals surface area (Å²) in [5.41, 5.74) is 6.83. The number of hydrogen-bond donors (Lipinski definition) is 0. The third-order valence-corrected chi connectivity index (χ3v) is 4.45. The van der Waals surface area contributed by atoms with Crippen LogP contribution in [0.2, 0.25) is 0 Å². The Kier molecular flexibility index (Phi) is 12.0. The Balaban J connectivity index is 0.000000460. The minimum atomic E-state index is 0. The van der Waals surface area contributed by atoms with Crippen LogP contribution in [0.4, 0.5) is 0 Å². The van der Waals surface area contributed by atoms with Gasteiger partial charge in [-0.05, 0) is 72.1 Å². The molecule has 0 N–H and O–H groups in total. The maximum Gasteiger partial charge on any atom is -0.0133 e. The van der Waals surface area contributed by atoms with Gasteiger partial charge in [0.1, 0.15) is 0 Å². The summed E-state index contributed by atoms with van der Waals surface area (Å²) in [6.07, 6.45) is 21.3. The SMILES string of the molecule is C.C=C(C)C(=C)CCCC1=CCCCC1.CC1=CCC(C)=CC=C1. The maximum absolute atomic E-state index is 4.02. The molecule has 0 bridgehead atoms. The molecule has 2 aliphatic rings. The Hall–Kier alpha value is -1.56. The van der Waals surface area contributed by atoms with Gasteiger partial charge < -0.3 is 0 Å². The number of hydrogen-bond acceptors (Lipinski definition) is 0. The molecule has 134 valence electrons. The monoisotopic (exact) mass is 326 g/mol. The summed E-state index contributed by atoms with van der Waals surface area (Å²) in [6, 6.07) is 0. The molecule has 0 aromatic rings. The Morgan fingerprint density at radius 1 is 1.12 bits per heavy atom. The van der Waals surface area contributed by atoms with E-state index in [2.05, 4.69) is 57.4 Å². The van der Waals surface area contributed by atoms with Gasteiger partial charge in [0.05, 0.1) is 0 Å². The molecule has 0 spiro atoms. The minimum Gasteiger partial charge on any atom is -0.0959 e. The van der Waals surface area contributed by atoms with E-state index in [0.29, 0.717) is 0 Å². The predicted molar refractivity (Wildman–Crippen MR) is 112 cm³/mol. The van der Waals surface area contributed by atoms with Crippen molar-refractivity contribution in [3.8, 4) is 0 Å². The van der Waals surface area contributed by atoms with E-state index >= 15 is 0 Å². The zero-order chi connectivity index (χ0) is 17.1. The van der Waals surface area contributed by atoms with Gasteiger partial charge in [0.15, 0.2) is 0 Å². The molecule has 24 heavy (non-hydrogen) atoms. The molecule has 2 aliphatic carbocycles. The molecule has 0 amide bonds. The van der Waals surface area contributed by atoms with Crippen molar-refractivity contribution in [1.29, 1.82) is 0 Å². The maximum atomic E-state index is 4.02. The van der Waals surface area contributed by atoms with E-state index in [-0.39, 0.29) is 7.43 Å². The zero-order valence-corrected chi connectivity index (χ0v) is 15.5. The lowest BCUT2D eigenvalue weighted by Crippen LogP contribution is -1.92. The highest BCUT2D eigenvalue weighted by Crippen LogP contribution is 2.23. The molecule has 0 unspecified atom stereocenters. The molecule has 2 rings (SSSR count). The van der Waals surface area contributed by atoms with Crippen molar-refractivity contribution in [1.82, 2.24) is 0 Å². The quantitative estimate of drug-likeness (QED) is 0.352. The first-order valence-corrected chi connectivity index (χ1v) is 9.01.